The highest BCUT2D eigenvalue weighted by atomic mass is 35.5. The molecule has 2 N–H and O–H groups in total. The molecule has 0 saturated heterocycles. The molecule has 0 atom stereocenters. The summed E-state index contributed by atoms with van der Waals surface area (Å²) in [6, 6.07) is 3.22. The fraction of sp³-hybridized carbons (Fsp3) is 0.143. The lowest BCUT2D eigenvalue weighted by Gasteiger charge is -1.97. The van der Waals surface area contributed by atoms with Gasteiger partial charge < -0.3 is 5.73 Å². The quantitative estimate of drug-likeness (QED) is 0.700. The number of hydrogen-bond acceptors (Lipinski definition) is 1. The van der Waals surface area contributed by atoms with Crippen molar-refractivity contribution >= 4 is 12.4 Å². The van der Waals surface area contributed by atoms with E-state index >= 15 is 0 Å². The van der Waals surface area contributed by atoms with Crippen LogP contribution in [0.15, 0.2) is 18.2 Å². The molecule has 1 nitrogen and oxygen atoms in total. The Labute approximate surface area is 69.6 Å². The second kappa shape index (κ2) is 4.26. The summed E-state index contributed by atoms with van der Waals surface area (Å²) in [7, 11) is 0. The van der Waals surface area contributed by atoms with Crippen molar-refractivity contribution in [1.82, 2.24) is 0 Å². The topological polar surface area (TPSA) is 26.0 Å². The molecule has 1 rings (SSSR count). The van der Waals surface area contributed by atoms with Crippen LogP contribution in [-0.4, -0.2) is 0 Å². The average molecular weight is 180 g/mol. The number of nitrogens with two attached hydrogens (primary N) is 1. The van der Waals surface area contributed by atoms with Gasteiger partial charge in [0.2, 0.25) is 0 Å². The van der Waals surface area contributed by atoms with Crippen LogP contribution in [0.3, 0.4) is 0 Å². The first-order chi connectivity index (χ1) is 4.74. The minimum Gasteiger partial charge on any atom is -0.326 e. The molecule has 0 aliphatic rings. The Morgan fingerprint density at radius 2 is 1.91 bits per heavy atom. The van der Waals surface area contributed by atoms with E-state index in [-0.39, 0.29) is 24.5 Å². The monoisotopic (exact) mass is 179 g/mol. The fourth-order valence-electron chi connectivity index (χ4n) is 0.700. The van der Waals surface area contributed by atoms with Gasteiger partial charge in [0.25, 0.3) is 0 Å². The molecular weight excluding hydrogens is 172 g/mol. The van der Waals surface area contributed by atoms with Crippen molar-refractivity contribution in [3.05, 3.63) is 35.4 Å². The van der Waals surface area contributed by atoms with E-state index in [1.165, 1.54) is 0 Å². The first-order valence-corrected chi connectivity index (χ1v) is 2.88. The van der Waals surface area contributed by atoms with E-state index in [2.05, 4.69) is 0 Å². The average Bonchev–Trinajstić information content (AvgIpc) is 1.94. The Morgan fingerprint density at radius 1 is 1.27 bits per heavy atom. The van der Waals surface area contributed by atoms with E-state index in [1.807, 2.05) is 0 Å². The van der Waals surface area contributed by atoms with E-state index in [0.717, 1.165) is 18.2 Å². The summed E-state index contributed by atoms with van der Waals surface area (Å²) in [5, 5.41) is 0. The number of halogens is 3. The Morgan fingerprint density at radius 3 is 2.36 bits per heavy atom. The van der Waals surface area contributed by atoms with Gasteiger partial charge in [0.15, 0.2) is 0 Å². The summed E-state index contributed by atoms with van der Waals surface area (Å²) < 4.78 is 24.8. The van der Waals surface area contributed by atoms with Gasteiger partial charge in [-0.2, -0.15) is 0 Å². The molecule has 1 aromatic carbocycles. The van der Waals surface area contributed by atoms with Gasteiger partial charge in [0.05, 0.1) is 0 Å². The van der Waals surface area contributed by atoms with Crippen molar-refractivity contribution in [1.29, 1.82) is 0 Å². The first kappa shape index (κ1) is 10.3. The maximum absolute atomic E-state index is 12.5. The molecule has 0 aliphatic heterocycles. The molecule has 11 heavy (non-hydrogen) atoms. The molecule has 0 unspecified atom stereocenters. The number of rotatable bonds is 1. The Kier molecular flexibility index (Phi) is 4.00. The largest absolute Gasteiger partial charge is 0.326 e. The summed E-state index contributed by atoms with van der Waals surface area (Å²) in [6.07, 6.45) is 0. The maximum atomic E-state index is 12.5. The number of hydrogen-bond donors (Lipinski definition) is 1. The molecule has 0 aliphatic carbocycles. The van der Waals surface area contributed by atoms with Crippen LogP contribution >= 0.6 is 12.4 Å². The Bertz CT molecular complexity index is 240. The van der Waals surface area contributed by atoms with Crippen molar-refractivity contribution in [3.63, 3.8) is 0 Å². The van der Waals surface area contributed by atoms with Crippen molar-refractivity contribution in [3.8, 4) is 0 Å². The molecule has 1 aromatic rings. The van der Waals surface area contributed by atoms with Gasteiger partial charge in [0.1, 0.15) is 11.6 Å². The molecule has 0 aromatic heterocycles. The van der Waals surface area contributed by atoms with Crippen LogP contribution in [0.5, 0.6) is 0 Å². The van der Waals surface area contributed by atoms with Gasteiger partial charge >= 0.3 is 0 Å². The summed E-state index contributed by atoms with van der Waals surface area (Å²) in [6.45, 7) is 0.0313. The molecule has 0 bridgehead atoms. The highest BCUT2D eigenvalue weighted by Gasteiger charge is 1.99. The number of benzene rings is 1. The van der Waals surface area contributed by atoms with Crippen LogP contribution < -0.4 is 5.73 Å². The van der Waals surface area contributed by atoms with E-state index in [0.29, 0.717) is 0 Å². The third kappa shape index (κ3) is 2.44. The predicted molar refractivity (Wildman–Crippen MR) is 41.5 cm³/mol. The summed E-state index contributed by atoms with van der Waals surface area (Å²) in [5.74, 6) is -0.911. The predicted octanol–water partition coefficient (Wildman–Crippen LogP) is 1.85. The van der Waals surface area contributed by atoms with Crippen LogP contribution in [0.25, 0.3) is 0 Å². The zero-order valence-corrected chi connectivity index (χ0v) is 6.50. The van der Waals surface area contributed by atoms with Crippen molar-refractivity contribution in [2.24, 2.45) is 5.73 Å². The van der Waals surface area contributed by atoms with Crippen LogP contribution in [0, 0.1) is 11.6 Å². The van der Waals surface area contributed by atoms with Crippen molar-refractivity contribution in [2.75, 3.05) is 0 Å². The van der Waals surface area contributed by atoms with Crippen LogP contribution in [0.1, 0.15) is 5.56 Å². The second-order valence-corrected chi connectivity index (χ2v) is 1.94. The van der Waals surface area contributed by atoms with Crippen molar-refractivity contribution < 1.29 is 8.78 Å². The molecule has 0 spiro atoms. The third-order valence-electron chi connectivity index (χ3n) is 1.23. The lowest BCUT2D eigenvalue weighted by Crippen LogP contribution is -1.99. The van der Waals surface area contributed by atoms with E-state index in [1.54, 1.807) is 0 Å². The molecule has 62 valence electrons. The minimum absolute atomic E-state index is 0. The van der Waals surface area contributed by atoms with Crippen molar-refractivity contribution in [2.45, 2.75) is 6.54 Å². The fourth-order valence-corrected chi connectivity index (χ4v) is 0.700. The summed E-state index contributed by atoms with van der Waals surface area (Å²) >= 11 is 0. The highest BCUT2D eigenvalue weighted by Crippen LogP contribution is 2.07. The second-order valence-electron chi connectivity index (χ2n) is 1.94. The Balaban J connectivity index is 0.000001000. The molecule has 0 fully saturated rings. The van der Waals surface area contributed by atoms with Gasteiger partial charge in [-0.15, -0.1) is 12.4 Å². The van der Waals surface area contributed by atoms with Gasteiger partial charge in [-0.1, -0.05) is 0 Å². The maximum Gasteiger partial charge on any atom is 0.127 e. The van der Waals surface area contributed by atoms with Crippen LogP contribution in [0.4, 0.5) is 8.78 Å². The van der Waals surface area contributed by atoms with Crippen LogP contribution in [0.2, 0.25) is 0 Å². The molecular formula is C7H8ClF2N. The first-order valence-electron chi connectivity index (χ1n) is 2.88. The lowest BCUT2D eigenvalue weighted by atomic mass is 10.2. The van der Waals surface area contributed by atoms with Crippen LogP contribution in [-0.2, 0) is 6.54 Å². The van der Waals surface area contributed by atoms with E-state index in [9.17, 15) is 8.78 Å². The van der Waals surface area contributed by atoms with Gasteiger partial charge in [0, 0.05) is 12.1 Å². The highest BCUT2D eigenvalue weighted by molar-refractivity contribution is 5.85. The molecule has 0 radical (unpaired) electrons. The smallest absolute Gasteiger partial charge is 0.127 e. The zero-order valence-electron chi connectivity index (χ0n) is 5.68. The molecule has 0 heterocycles. The molecule has 0 saturated carbocycles. The summed E-state index contributed by atoms with van der Waals surface area (Å²) in [4.78, 5) is 0. The zero-order chi connectivity index (χ0) is 7.56. The lowest BCUT2D eigenvalue weighted by molar-refractivity contribution is 0.586. The van der Waals surface area contributed by atoms with E-state index in [4.69, 9.17) is 5.73 Å². The van der Waals surface area contributed by atoms with Gasteiger partial charge in [-0.05, 0) is 18.2 Å². The molecule has 4 heteroatoms. The van der Waals surface area contributed by atoms with E-state index < -0.39 is 11.6 Å². The minimum atomic E-state index is -0.457. The SMILES string of the molecule is Cl.NCc1cc(F)ccc1F. The summed E-state index contributed by atoms with van der Waals surface area (Å²) in [5.41, 5.74) is 5.32. The Hall–Kier alpha value is -0.670. The molecule has 0 amide bonds. The third-order valence-corrected chi connectivity index (χ3v) is 1.23. The normalized spacial score (nSPS) is 9.00. The van der Waals surface area contributed by atoms with Gasteiger partial charge in [-0.3, -0.25) is 0 Å². The standard InChI is InChI=1S/C7H7F2N.ClH/c8-6-1-2-7(9)5(3-6)4-10;/h1-3H,4,10H2;1H. The van der Waals surface area contributed by atoms with Gasteiger partial charge in [-0.25, -0.2) is 8.78 Å².